The number of anilines is 1. The number of ether oxygens (including phenoxy) is 1. The van der Waals surface area contributed by atoms with Crippen LogP contribution in [-0.4, -0.2) is 74.5 Å². The number of carbonyl (C=O) groups excluding carboxylic acids is 3. The number of aliphatic hydroxyl groups is 1. The Morgan fingerprint density at radius 2 is 1.95 bits per heavy atom. The molecule has 0 radical (unpaired) electrons. The predicted molar refractivity (Wildman–Crippen MR) is 167 cm³/mol. The zero-order valence-electron chi connectivity index (χ0n) is 23.4. The van der Waals surface area contributed by atoms with Gasteiger partial charge in [0.25, 0.3) is 5.91 Å². The van der Waals surface area contributed by atoms with Gasteiger partial charge in [0.15, 0.2) is 0 Å². The molecule has 2 aromatic rings. The first kappa shape index (κ1) is 29.9. The molecule has 218 valence electrons. The molecule has 41 heavy (non-hydrogen) atoms. The summed E-state index contributed by atoms with van der Waals surface area (Å²) in [5.41, 5.74) is 0.708. The molecule has 2 bridgehead atoms. The van der Waals surface area contributed by atoms with E-state index in [1.807, 2.05) is 56.3 Å². The molecule has 0 aromatic heterocycles. The number of halogens is 1. The molecule has 2 aromatic carbocycles. The van der Waals surface area contributed by atoms with E-state index in [0.717, 1.165) is 10.8 Å². The molecule has 1 spiro atoms. The van der Waals surface area contributed by atoms with Crippen LogP contribution in [0.15, 0.2) is 67.8 Å². The zero-order chi connectivity index (χ0) is 29.5. The summed E-state index contributed by atoms with van der Waals surface area (Å²) in [7, 11) is 0. The van der Waals surface area contributed by atoms with Gasteiger partial charge in [0.05, 0.1) is 35.8 Å². The van der Waals surface area contributed by atoms with E-state index >= 15 is 0 Å². The van der Waals surface area contributed by atoms with E-state index in [-0.39, 0.29) is 47.6 Å². The lowest BCUT2D eigenvalue weighted by molar-refractivity contribution is -0.154. The average molecular weight is 642 g/mol. The van der Waals surface area contributed by atoms with Crippen LogP contribution in [0.1, 0.15) is 26.7 Å². The quantitative estimate of drug-likeness (QED) is 0.162. The van der Waals surface area contributed by atoms with Gasteiger partial charge in [-0.1, -0.05) is 72.3 Å². The standard InChI is InChI=1S/C32H37BrN2O5S/c1-5-7-15-40-31(39)25-26-29(37)35(24(18-36)19(3)4)28(32(26)17-23(33)27(25)41-32)30(38)34(14-6-2)22-13-12-20-10-8-9-11-21(20)16-22/h5-6,8-13,16,19,23-28,36H,1-2,7,14-15,17-18H2,3-4H3/t23?,24-,25+,26-,27+,28?,32?/m0/s1. The highest BCUT2D eigenvalue weighted by atomic mass is 79.9. The van der Waals surface area contributed by atoms with Gasteiger partial charge in [-0.2, -0.15) is 0 Å². The first-order valence-corrected chi connectivity index (χ1v) is 15.9. The van der Waals surface area contributed by atoms with Gasteiger partial charge in [-0.25, -0.2) is 0 Å². The molecule has 9 heteroatoms. The summed E-state index contributed by atoms with van der Waals surface area (Å²) in [5, 5.41) is 12.4. The maximum absolute atomic E-state index is 14.8. The van der Waals surface area contributed by atoms with Crippen LogP contribution in [0.25, 0.3) is 10.8 Å². The third-order valence-corrected chi connectivity index (χ3v) is 12.0. The van der Waals surface area contributed by atoms with E-state index in [0.29, 0.717) is 18.5 Å². The number of hydrogen-bond acceptors (Lipinski definition) is 6. The monoisotopic (exact) mass is 640 g/mol. The number of rotatable bonds is 11. The number of amides is 2. The lowest BCUT2D eigenvalue weighted by atomic mass is 9.71. The van der Waals surface area contributed by atoms with E-state index < -0.39 is 34.6 Å². The minimum atomic E-state index is -0.869. The van der Waals surface area contributed by atoms with Crippen molar-refractivity contribution in [1.82, 2.24) is 4.90 Å². The molecular weight excluding hydrogens is 604 g/mol. The van der Waals surface area contributed by atoms with Crippen molar-refractivity contribution in [1.29, 1.82) is 0 Å². The Morgan fingerprint density at radius 3 is 2.61 bits per heavy atom. The first-order chi connectivity index (χ1) is 19.7. The van der Waals surface area contributed by atoms with Gasteiger partial charge in [0.2, 0.25) is 5.91 Å². The van der Waals surface area contributed by atoms with Crippen molar-refractivity contribution in [2.24, 2.45) is 17.8 Å². The van der Waals surface area contributed by atoms with Gasteiger partial charge < -0.3 is 19.6 Å². The molecule has 3 heterocycles. The number of aliphatic hydroxyl groups excluding tert-OH is 1. The molecular formula is C32H37BrN2O5S. The number of benzene rings is 2. The Bertz CT molecular complexity index is 1370. The van der Waals surface area contributed by atoms with E-state index in [9.17, 15) is 19.5 Å². The molecule has 5 rings (SSSR count). The van der Waals surface area contributed by atoms with Crippen LogP contribution >= 0.6 is 27.7 Å². The maximum Gasteiger partial charge on any atom is 0.310 e. The van der Waals surface area contributed by atoms with Crippen LogP contribution in [0, 0.1) is 17.8 Å². The average Bonchev–Trinajstić information content (AvgIpc) is 3.55. The fourth-order valence-electron chi connectivity index (χ4n) is 6.88. The Morgan fingerprint density at radius 1 is 1.22 bits per heavy atom. The highest BCUT2D eigenvalue weighted by Gasteiger charge is 2.76. The summed E-state index contributed by atoms with van der Waals surface area (Å²) in [6.07, 6.45) is 4.44. The SMILES string of the molecule is C=CCCOC(=O)[C@H]1[C@@H]2SC3(CC2Br)C(C(=O)N(CC=C)c2ccc4ccccc4c2)N([C@@H](CO)C(C)C)C(=O)[C@H]13. The summed E-state index contributed by atoms with van der Waals surface area (Å²) < 4.78 is 4.77. The maximum atomic E-state index is 14.8. The Hall–Kier alpha value is -2.62. The van der Waals surface area contributed by atoms with Gasteiger partial charge >= 0.3 is 5.97 Å². The van der Waals surface area contributed by atoms with Gasteiger partial charge in [0.1, 0.15) is 6.04 Å². The lowest BCUT2D eigenvalue weighted by Gasteiger charge is -2.41. The second kappa shape index (κ2) is 11.9. The van der Waals surface area contributed by atoms with Crippen LogP contribution in [-0.2, 0) is 19.1 Å². The van der Waals surface area contributed by atoms with Crippen molar-refractivity contribution >= 4 is 61.9 Å². The summed E-state index contributed by atoms with van der Waals surface area (Å²) in [4.78, 5) is 45.9. The van der Waals surface area contributed by atoms with Crippen molar-refractivity contribution in [2.75, 3.05) is 24.7 Å². The molecule has 0 saturated carbocycles. The number of alkyl halides is 1. The van der Waals surface area contributed by atoms with Crippen molar-refractivity contribution in [2.45, 2.75) is 53.6 Å². The van der Waals surface area contributed by atoms with Crippen LogP contribution < -0.4 is 4.90 Å². The Balaban J connectivity index is 1.61. The number of carbonyl (C=O) groups is 3. The molecule has 3 fully saturated rings. The molecule has 3 unspecified atom stereocenters. The summed E-state index contributed by atoms with van der Waals surface area (Å²) >= 11 is 5.36. The number of nitrogens with zero attached hydrogens (tertiary/aromatic N) is 2. The molecule has 7 atom stereocenters. The van der Waals surface area contributed by atoms with Crippen molar-refractivity contribution < 1.29 is 24.2 Å². The second-order valence-electron chi connectivity index (χ2n) is 11.4. The third-order valence-electron chi connectivity index (χ3n) is 8.74. The van der Waals surface area contributed by atoms with E-state index in [2.05, 4.69) is 29.1 Å². The van der Waals surface area contributed by atoms with Gasteiger partial charge in [-0.05, 0) is 41.7 Å². The highest BCUT2D eigenvalue weighted by Crippen LogP contribution is 2.68. The van der Waals surface area contributed by atoms with Gasteiger partial charge in [-0.3, -0.25) is 14.4 Å². The summed E-state index contributed by atoms with van der Waals surface area (Å²) in [6.45, 7) is 11.6. The van der Waals surface area contributed by atoms with E-state index in [4.69, 9.17) is 4.74 Å². The molecule has 3 saturated heterocycles. The number of likely N-dealkylation sites (tertiary alicyclic amines) is 1. The van der Waals surface area contributed by atoms with Crippen LogP contribution in [0.4, 0.5) is 5.69 Å². The normalized spacial score (nSPS) is 29.0. The predicted octanol–water partition coefficient (Wildman–Crippen LogP) is 4.96. The molecule has 7 nitrogen and oxygen atoms in total. The fourth-order valence-corrected chi connectivity index (χ4v) is 10.5. The molecule has 3 aliphatic heterocycles. The smallest absolute Gasteiger partial charge is 0.310 e. The second-order valence-corrected chi connectivity index (χ2v) is 14.1. The number of esters is 1. The van der Waals surface area contributed by atoms with Crippen LogP contribution in [0.2, 0.25) is 0 Å². The van der Waals surface area contributed by atoms with Crippen LogP contribution in [0.5, 0.6) is 0 Å². The Kier molecular flexibility index (Phi) is 8.69. The number of thioether (sulfide) groups is 1. The van der Waals surface area contributed by atoms with Crippen LogP contribution in [0.3, 0.4) is 0 Å². The number of hydrogen-bond donors (Lipinski definition) is 1. The van der Waals surface area contributed by atoms with Gasteiger partial charge in [-0.15, -0.1) is 24.9 Å². The van der Waals surface area contributed by atoms with E-state index in [1.165, 1.54) is 0 Å². The third kappa shape index (κ3) is 4.93. The summed E-state index contributed by atoms with van der Waals surface area (Å²) in [6, 6.07) is 12.4. The molecule has 1 N–H and O–H groups in total. The largest absolute Gasteiger partial charge is 0.465 e. The van der Waals surface area contributed by atoms with Crippen molar-refractivity contribution in [3.8, 4) is 0 Å². The lowest BCUT2D eigenvalue weighted by Crippen LogP contribution is -2.59. The minimum Gasteiger partial charge on any atom is -0.465 e. The topological polar surface area (TPSA) is 87.2 Å². The molecule has 2 amide bonds. The van der Waals surface area contributed by atoms with Gasteiger partial charge in [0, 0.05) is 22.3 Å². The number of fused-ring (bicyclic) bond motifs is 2. The Labute approximate surface area is 254 Å². The minimum absolute atomic E-state index is 0.0658. The zero-order valence-corrected chi connectivity index (χ0v) is 25.9. The molecule has 3 aliphatic rings. The first-order valence-electron chi connectivity index (χ1n) is 14.1. The van der Waals surface area contributed by atoms with Crippen molar-refractivity contribution in [3.05, 3.63) is 67.8 Å². The van der Waals surface area contributed by atoms with Crippen molar-refractivity contribution in [3.63, 3.8) is 0 Å². The highest BCUT2D eigenvalue weighted by molar-refractivity contribution is 9.09. The summed E-state index contributed by atoms with van der Waals surface area (Å²) in [5.74, 6) is -2.41. The van der Waals surface area contributed by atoms with E-state index in [1.54, 1.807) is 33.7 Å². The fraction of sp³-hybridized carbons (Fsp3) is 0.469. The molecule has 0 aliphatic carbocycles.